The lowest BCUT2D eigenvalue weighted by Crippen LogP contribution is -1.83. The molecule has 0 unspecified atom stereocenters. The highest BCUT2D eigenvalue weighted by atomic mass is 14.0. The van der Waals surface area contributed by atoms with E-state index < -0.39 is 0 Å². The summed E-state index contributed by atoms with van der Waals surface area (Å²) in [7, 11) is 0. The maximum absolute atomic E-state index is 3.98. The SMILES string of the molecule is C=C/C(=C\C(C)=C(C)C)C(=C)/C=C\C. The van der Waals surface area contributed by atoms with Crippen molar-refractivity contribution in [2.75, 3.05) is 0 Å². The number of hydrogen-bond acceptors (Lipinski definition) is 0. The summed E-state index contributed by atoms with van der Waals surface area (Å²) in [6.45, 7) is 16.1. The third-order valence-electron chi connectivity index (χ3n) is 2.12. The fourth-order valence-corrected chi connectivity index (χ4v) is 0.958. The molecule has 0 aromatic heterocycles. The van der Waals surface area contributed by atoms with Crippen molar-refractivity contribution < 1.29 is 0 Å². The number of hydrogen-bond donors (Lipinski definition) is 0. The zero-order valence-corrected chi connectivity index (χ0v) is 9.72. The second-order valence-electron chi connectivity index (χ2n) is 3.51. The molecule has 0 saturated heterocycles. The molecule has 0 aliphatic rings. The molecule has 0 atom stereocenters. The van der Waals surface area contributed by atoms with Gasteiger partial charge in [0.15, 0.2) is 0 Å². The van der Waals surface area contributed by atoms with E-state index in [1.807, 2.05) is 25.2 Å². The number of allylic oxidation sites excluding steroid dienone is 8. The van der Waals surface area contributed by atoms with Crippen LogP contribution in [0.4, 0.5) is 0 Å². The molecule has 0 aliphatic heterocycles. The van der Waals surface area contributed by atoms with Gasteiger partial charge in [0.25, 0.3) is 0 Å². The molecule has 0 amide bonds. The van der Waals surface area contributed by atoms with Crippen LogP contribution in [0.15, 0.2) is 59.8 Å². The fraction of sp³-hybridized carbons (Fsp3) is 0.286. The van der Waals surface area contributed by atoms with Crippen LogP contribution >= 0.6 is 0 Å². The Morgan fingerprint density at radius 2 is 1.71 bits per heavy atom. The Morgan fingerprint density at radius 3 is 2.07 bits per heavy atom. The third kappa shape index (κ3) is 4.08. The van der Waals surface area contributed by atoms with Crippen molar-refractivity contribution in [2.45, 2.75) is 27.7 Å². The van der Waals surface area contributed by atoms with E-state index in [1.54, 1.807) is 0 Å². The van der Waals surface area contributed by atoms with E-state index in [0.29, 0.717) is 0 Å². The van der Waals surface area contributed by atoms with Crippen LogP contribution in [0.5, 0.6) is 0 Å². The lowest BCUT2D eigenvalue weighted by atomic mass is 10.0. The summed E-state index contributed by atoms with van der Waals surface area (Å²) in [6, 6.07) is 0. The quantitative estimate of drug-likeness (QED) is 0.566. The van der Waals surface area contributed by atoms with Crippen molar-refractivity contribution in [3.8, 4) is 0 Å². The molecule has 0 heterocycles. The van der Waals surface area contributed by atoms with Gasteiger partial charge in [-0.2, -0.15) is 0 Å². The van der Waals surface area contributed by atoms with Crippen molar-refractivity contribution in [1.82, 2.24) is 0 Å². The van der Waals surface area contributed by atoms with Gasteiger partial charge in [-0.15, -0.1) is 0 Å². The third-order valence-corrected chi connectivity index (χ3v) is 2.12. The fourth-order valence-electron chi connectivity index (χ4n) is 0.958. The molecular formula is C14H20. The Bertz CT molecular complexity index is 305. The van der Waals surface area contributed by atoms with E-state index in [9.17, 15) is 0 Å². The molecule has 0 rings (SSSR count). The Balaban J connectivity index is 5.00. The first-order valence-corrected chi connectivity index (χ1v) is 4.83. The Morgan fingerprint density at radius 1 is 1.14 bits per heavy atom. The van der Waals surface area contributed by atoms with Gasteiger partial charge in [-0.25, -0.2) is 0 Å². The summed E-state index contributed by atoms with van der Waals surface area (Å²) in [5.41, 5.74) is 4.67. The molecule has 0 heteroatoms. The topological polar surface area (TPSA) is 0 Å². The Kier molecular flexibility index (Phi) is 5.62. The molecule has 0 aliphatic carbocycles. The van der Waals surface area contributed by atoms with Crippen molar-refractivity contribution in [3.05, 3.63) is 59.8 Å². The highest BCUT2D eigenvalue weighted by Gasteiger charge is 1.95. The Hall–Kier alpha value is -1.30. The second-order valence-corrected chi connectivity index (χ2v) is 3.51. The van der Waals surface area contributed by atoms with Gasteiger partial charge in [0.2, 0.25) is 0 Å². The van der Waals surface area contributed by atoms with Gasteiger partial charge in [-0.05, 0) is 38.8 Å². The van der Waals surface area contributed by atoms with E-state index in [1.165, 1.54) is 11.1 Å². The smallest absolute Gasteiger partial charge is 0.0193 e. The second kappa shape index (κ2) is 6.20. The van der Waals surface area contributed by atoms with E-state index in [4.69, 9.17) is 0 Å². The van der Waals surface area contributed by atoms with Crippen molar-refractivity contribution in [3.63, 3.8) is 0 Å². The van der Waals surface area contributed by atoms with Crippen LogP contribution in [-0.4, -0.2) is 0 Å². The maximum Gasteiger partial charge on any atom is -0.0193 e. The summed E-state index contributed by atoms with van der Waals surface area (Å²) in [5.74, 6) is 0. The lowest BCUT2D eigenvalue weighted by molar-refractivity contribution is 1.28. The summed E-state index contributed by atoms with van der Waals surface area (Å²) in [6.07, 6.45) is 7.93. The molecule has 0 aromatic carbocycles. The minimum Gasteiger partial charge on any atom is -0.0984 e. The molecule has 0 saturated carbocycles. The van der Waals surface area contributed by atoms with Gasteiger partial charge >= 0.3 is 0 Å². The molecule has 0 radical (unpaired) electrons. The molecule has 14 heavy (non-hydrogen) atoms. The van der Waals surface area contributed by atoms with Crippen LogP contribution in [0.3, 0.4) is 0 Å². The molecule has 0 aromatic rings. The number of rotatable bonds is 4. The van der Waals surface area contributed by atoms with Gasteiger partial charge in [0.05, 0.1) is 0 Å². The molecular weight excluding hydrogens is 168 g/mol. The summed E-state index contributed by atoms with van der Waals surface area (Å²) in [5, 5.41) is 0. The van der Waals surface area contributed by atoms with E-state index >= 15 is 0 Å². The molecule has 0 spiro atoms. The normalized spacial score (nSPS) is 11.6. The van der Waals surface area contributed by atoms with Crippen LogP contribution in [0.1, 0.15) is 27.7 Å². The predicted molar refractivity (Wildman–Crippen MR) is 66.3 cm³/mol. The van der Waals surface area contributed by atoms with Gasteiger partial charge in [0, 0.05) is 0 Å². The van der Waals surface area contributed by atoms with Crippen LogP contribution in [0.25, 0.3) is 0 Å². The average molecular weight is 188 g/mol. The molecule has 0 bridgehead atoms. The highest BCUT2D eigenvalue weighted by Crippen LogP contribution is 2.15. The van der Waals surface area contributed by atoms with Crippen molar-refractivity contribution >= 4 is 0 Å². The Labute approximate surface area is 88.0 Å². The highest BCUT2D eigenvalue weighted by molar-refractivity contribution is 5.47. The predicted octanol–water partition coefficient (Wildman–Crippen LogP) is 4.59. The first-order chi connectivity index (χ1) is 6.52. The van der Waals surface area contributed by atoms with Gasteiger partial charge in [0.1, 0.15) is 0 Å². The molecule has 76 valence electrons. The lowest BCUT2D eigenvalue weighted by Gasteiger charge is -2.03. The minimum atomic E-state index is 1.00. The van der Waals surface area contributed by atoms with E-state index in [-0.39, 0.29) is 0 Å². The van der Waals surface area contributed by atoms with E-state index in [0.717, 1.165) is 11.1 Å². The summed E-state index contributed by atoms with van der Waals surface area (Å²) >= 11 is 0. The summed E-state index contributed by atoms with van der Waals surface area (Å²) in [4.78, 5) is 0. The van der Waals surface area contributed by atoms with Crippen LogP contribution in [-0.2, 0) is 0 Å². The largest absolute Gasteiger partial charge is 0.0984 e. The van der Waals surface area contributed by atoms with Gasteiger partial charge < -0.3 is 0 Å². The van der Waals surface area contributed by atoms with Gasteiger partial charge in [-0.3, -0.25) is 0 Å². The molecule has 0 fully saturated rings. The maximum atomic E-state index is 3.98. The summed E-state index contributed by atoms with van der Waals surface area (Å²) < 4.78 is 0. The zero-order chi connectivity index (χ0) is 11.1. The van der Waals surface area contributed by atoms with Crippen LogP contribution in [0.2, 0.25) is 0 Å². The minimum absolute atomic E-state index is 1.00. The first-order valence-electron chi connectivity index (χ1n) is 4.83. The van der Waals surface area contributed by atoms with Crippen molar-refractivity contribution in [1.29, 1.82) is 0 Å². The standard InChI is InChI=1S/C14H20/c1-7-9-12(5)14(8-2)10-13(6)11(3)4/h7-10H,2,5H2,1,3-4,6H3/b9-7-,14-10+. The monoisotopic (exact) mass is 188 g/mol. The van der Waals surface area contributed by atoms with Crippen LogP contribution in [0, 0.1) is 0 Å². The molecule has 0 nitrogen and oxygen atoms in total. The van der Waals surface area contributed by atoms with E-state index in [2.05, 4.69) is 40.0 Å². The zero-order valence-electron chi connectivity index (χ0n) is 9.72. The van der Waals surface area contributed by atoms with Crippen molar-refractivity contribution in [2.24, 2.45) is 0 Å². The average Bonchev–Trinajstić information content (AvgIpc) is 2.13. The first kappa shape index (κ1) is 12.7. The molecule has 0 N–H and O–H groups in total. The van der Waals surface area contributed by atoms with Crippen LogP contribution < -0.4 is 0 Å². The van der Waals surface area contributed by atoms with Gasteiger partial charge in [-0.1, -0.05) is 48.6 Å².